The molecule has 0 radical (unpaired) electrons. The molecule has 2 atom stereocenters. The van der Waals surface area contributed by atoms with Gasteiger partial charge in [0, 0.05) is 36.8 Å². The number of benzene rings is 3. The summed E-state index contributed by atoms with van der Waals surface area (Å²) >= 11 is 0. The largest absolute Gasteiger partial charge is 0.347 e. The summed E-state index contributed by atoms with van der Waals surface area (Å²) in [6, 6.07) is 24.1. The number of unbranched alkanes of at least 4 members (excludes halogenated alkanes) is 2. The Bertz CT molecular complexity index is 1280. The Morgan fingerprint density at radius 2 is 1.62 bits per heavy atom. The molecule has 0 aliphatic rings. The molecule has 3 N–H and O–H groups in total. The molecule has 0 unspecified atom stereocenters. The van der Waals surface area contributed by atoms with Crippen LogP contribution in [0.3, 0.4) is 0 Å². The van der Waals surface area contributed by atoms with Gasteiger partial charge in [-0.05, 0) is 60.2 Å². The third kappa shape index (κ3) is 8.27. The molecule has 6 heteroatoms. The van der Waals surface area contributed by atoms with E-state index < -0.39 is 0 Å². The van der Waals surface area contributed by atoms with Crippen LogP contribution in [0.25, 0.3) is 11.1 Å². The number of hydrogen-bond acceptors (Lipinski definition) is 4. The van der Waals surface area contributed by atoms with E-state index in [4.69, 9.17) is 5.73 Å². The summed E-state index contributed by atoms with van der Waals surface area (Å²) in [4.78, 5) is 28.8. The summed E-state index contributed by atoms with van der Waals surface area (Å²) < 4.78 is 0. The first-order chi connectivity index (χ1) is 18.9. The van der Waals surface area contributed by atoms with E-state index in [0.717, 1.165) is 37.7 Å². The molecule has 6 nitrogen and oxygen atoms in total. The fraction of sp³-hybridized carbons (Fsp3) is 0.364. The maximum Gasteiger partial charge on any atom is 0.253 e. The Morgan fingerprint density at radius 1 is 0.949 bits per heavy atom. The van der Waals surface area contributed by atoms with Crippen molar-refractivity contribution in [2.75, 3.05) is 13.6 Å². The number of nitriles is 1. The van der Waals surface area contributed by atoms with Crippen LogP contribution in [-0.4, -0.2) is 42.4 Å². The Morgan fingerprint density at radius 3 is 2.31 bits per heavy atom. The average Bonchev–Trinajstić information content (AvgIpc) is 2.97. The first kappa shape index (κ1) is 29.6. The van der Waals surface area contributed by atoms with Crippen LogP contribution in [0.1, 0.15) is 77.8 Å². The minimum atomic E-state index is -0.288. The van der Waals surface area contributed by atoms with E-state index in [1.807, 2.05) is 42.5 Å². The zero-order chi connectivity index (χ0) is 28.2. The molecule has 2 amide bonds. The van der Waals surface area contributed by atoms with Gasteiger partial charge in [-0.25, -0.2) is 0 Å². The lowest BCUT2D eigenvalue weighted by molar-refractivity contribution is 0.0793. The third-order valence-corrected chi connectivity index (χ3v) is 7.02. The Hall–Kier alpha value is -3.95. The SMILES string of the molecule is CCCC[C@@H](N)[C@H](Cc1ccccc1)NC(=O)c1cc(C(=O)N(C)CCCC)cc(-c2ccccc2C#N)c1. The maximum absolute atomic E-state index is 13.7. The van der Waals surface area contributed by atoms with E-state index in [1.54, 1.807) is 42.3 Å². The summed E-state index contributed by atoms with van der Waals surface area (Å²) in [5.74, 6) is -0.446. The molecule has 0 heterocycles. The second kappa shape index (κ2) is 14.8. The van der Waals surface area contributed by atoms with Gasteiger partial charge in [0.2, 0.25) is 0 Å². The van der Waals surface area contributed by atoms with Crippen molar-refractivity contribution in [3.63, 3.8) is 0 Å². The van der Waals surface area contributed by atoms with Gasteiger partial charge in [0.15, 0.2) is 0 Å². The summed E-state index contributed by atoms with van der Waals surface area (Å²) in [6.07, 6.45) is 5.28. The van der Waals surface area contributed by atoms with Crippen molar-refractivity contribution in [3.05, 3.63) is 95.1 Å². The number of nitrogens with one attached hydrogen (secondary N) is 1. The summed E-state index contributed by atoms with van der Waals surface area (Å²) in [7, 11) is 1.77. The minimum absolute atomic E-state index is 0.158. The van der Waals surface area contributed by atoms with Gasteiger partial charge in [-0.3, -0.25) is 9.59 Å². The van der Waals surface area contributed by atoms with Crippen LogP contribution in [0.2, 0.25) is 0 Å². The number of nitrogens with two attached hydrogens (primary N) is 1. The standard InChI is InChI=1S/C33H40N4O2/c1-4-6-17-30(35)31(19-24-13-9-8-10-14-24)36-32(38)27-20-26(29-16-12-11-15-25(29)23-34)21-28(22-27)33(39)37(3)18-7-5-2/h8-16,20-22,30-31H,4-7,17-19,35H2,1-3H3,(H,36,38)/t30-,31+/m1/s1. The van der Waals surface area contributed by atoms with Gasteiger partial charge in [0.05, 0.1) is 11.6 Å². The maximum atomic E-state index is 13.7. The Kier molecular flexibility index (Phi) is 11.3. The number of rotatable bonds is 13. The number of hydrogen-bond donors (Lipinski definition) is 2. The van der Waals surface area contributed by atoms with Gasteiger partial charge in [-0.1, -0.05) is 81.6 Å². The van der Waals surface area contributed by atoms with Crippen LogP contribution < -0.4 is 11.1 Å². The van der Waals surface area contributed by atoms with Gasteiger partial charge in [0.25, 0.3) is 11.8 Å². The molecule has 0 aliphatic heterocycles. The number of carbonyl (C=O) groups excluding carboxylic acids is 2. The number of carbonyl (C=O) groups is 2. The smallest absolute Gasteiger partial charge is 0.253 e. The van der Waals surface area contributed by atoms with Crippen LogP contribution in [0.4, 0.5) is 0 Å². The molecule has 0 saturated heterocycles. The van der Waals surface area contributed by atoms with Crippen LogP contribution >= 0.6 is 0 Å². The van der Waals surface area contributed by atoms with Crippen molar-refractivity contribution in [3.8, 4) is 17.2 Å². The molecular formula is C33H40N4O2. The number of nitrogens with zero attached hydrogens (tertiary/aromatic N) is 2. The molecule has 3 aromatic rings. The molecule has 3 rings (SSSR count). The van der Waals surface area contributed by atoms with Crippen LogP contribution in [-0.2, 0) is 6.42 Å². The first-order valence-corrected chi connectivity index (χ1v) is 13.9. The average molecular weight is 525 g/mol. The molecule has 3 aromatic carbocycles. The second-order valence-electron chi connectivity index (χ2n) is 10.1. The van der Waals surface area contributed by atoms with Crippen molar-refractivity contribution in [2.24, 2.45) is 5.73 Å². The van der Waals surface area contributed by atoms with Crippen molar-refractivity contribution in [2.45, 2.75) is 64.5 Å². The Labute approximate surface area is 232 Å². The molecule has 39 heavy (non-hydrogen) atoms. The van der Waals surface area contributed by atoms with Gasteiger partial charge in [-0.15, -0.1) is 0 Å². The van der Waals surface area contributed by atoms with E-state index in [1.165, 1.54) is 0 Å². The van der Waals surface area contributed by atoms with E-state index in [2.05, 4.69) is 25.2 Å². The lowest BCUT2D eigenvalue weighted by Crippen LogP contribution is -2.49. The van der Waals surface area contributed by atoms with Gasteiger partial charge in [-0.2, -0.15) is 5.26 Å². The minimum Gasteiger partial charge on any atom is -0.347 e. The van der Waals surface area contributed by atoms with E-state index in [-0.39, 0.29) is 23.9 Å². The van der Waals surface area contributed by atoms with Crippen molar-refractivity contribution < 1.29 is 9.59 Å². The van der Waals surface area contributed by atoms with E-state index in [9.17, 15) is 14.9 Å². The molecule has 0 bridgehead atoms. The highest BCUT2D eigenvalue weighted by molar-refractivity contribution is 6.01. The highest BCUT2D eigenvalue weighted by atomic mass is 16.2. The quantitative estimate of drug-likeness (QED) is 0.288. The zero-order valence-corrected chi connectivity index (χ0v) is 23.3. The predicted octanol–water partition coefficient (Wildman–Crippen LogP) is 5.96. The molecule has 0 saturated carbocycles. The summed E-state index contributed by atoms with van der Waals surface area (Å²) in [6.45, 7) is 4.83. The number of amides is 2. The molecule has 0 aromatic heterocycles. The van der Waals surface area contributed by atoms with Crippen molar-refractivity contribution in [1.29, 1.82) is 5.26 Å². The topological polar surface area (TPSA) is 99.2 Å². The monoisotopic (exact) mass is 524 g/mol. The zero-order valence-electron chi connectivity index (χ0n) is 23.3. The fourth-order valence-electron chi connectivity index (χ4n) is 4.66. The lowest BCUT2D eigenvalue weighted by atomic mass is 9.94. The third-order valence-electron chi connectivity index (χ3n) is 7.02. The van der Waals surface area contributed by atoms with Crippen LogP contribution in [0, 0.1) is 11.3 Å². The molecule has 0 aliphatic carbocycles. The van der Waals surface area contributed by atoms with Gasteiger partial charge in [0.1, 0.15) is 0 Å². The molecule has 0 fully saturated rings. The predicted molar refractivity (Wildman–Crippen MR) is 157 cm³/mol. The highest BCUT2D eigenvalue weighted by Crippen LogP contribution is 2.27. The van der Waals surface area contributed by atoms with Crippen molar-refractivity contribution >= 4 is 11.8 Å². The van der Waals surface area contributed by atoms with E-state index in [0.29, 0.717) is 40.8 Å². The normalized spacial score (nSPS) is 12.3. The lowest BCUT2D eigenvalue weighted by Gasteiger charge is -2.26. The van der Waals surface area contributed by atoms with Crippen LogP contribution in [0.15, 0.2) is 72.8 Å². The fourth-order valence-corrected chi connectivity index (χ4v) is 4.66. The van der Waals surface area contributed by atoms with Gasteiger partial charge >= 0.3 is 0 Å². The van der Waals surface area contributed by atoms with E-state index >= 15 is 0 Å². The van der Waals surface area contributed by atoms with Crippen LogP contribution in [0.5, 0.6) is 0 Å². The molecule has 0 spiro atoms. The molecular weight excluding hydrogens is 484 g/mol. The van der Waals surface area contributed by atoms with Gasteiger partial charge < -0.3 is 16.0 Å². The molecule has 204 valence electrons. The second-order valence-corrected chi connectivity index (χ2v) is 10.1. The highest BCUT2D eigenvalue weighted by Gasteiger charge is 2.23. The van der Waals surface area contributed by atoms with Crippen molar-refractivity contribution in [1.82, 2.24) is 10.2 Å². The first-order valence-electron chi connectivity index (χ1n) is 13.9. The summed E-state index contributed by atoms with van der Waals surface area (Å²) in [5.41, 5.74) is 10.3. The summed E-state index contributed by atoms with van der Waals surface area (Å²) in [5, 5.41) is 12.9. The Balaban J connectivity index is 2.00.